The molecule has 210 valence electrons. The molecule has 40 heavy (non-hydrogen) atoms. The highest BCUT2D eigenvalue weighted by molar-refractivity contribution is 5.94. The van der Waals surface area contributed by atoms with Gasteiger partial charge in [0.2, 0.25) is 5.91 Å². The number of hydrogen-bond acceptors (Lipinski definition) is 4. The summed E-state index contributed by atoms with van der Waals surface area (Å²) < 4.78 is 5.96. The van der Waals surface area contributed by atoms with Crippen molar-refractivity contribution in [2.45, 2.75) is 64.0 Å². The molecule has 2 aliphatic heterocycles. The Kier molecular flexibility index (Phi) is 8.12. The molecule has 2 aliphatic rings. The summed E-state index contributed by atoms with van der Waals surface area (Å²) in [6.45, 7) is 5.44. The summed E-state index contributed by atoms with van der Waals surface area (Å²) in [4.78, 5) is 28.7. The van der Waals surface area contributed by atoms with Crippen LogP contribution in [-0.2, 0) is 23.2 Å². The number of aliphatic hydroxyl groups is 1. The monoisotopic (exact) mass is 542 g/mol. The number of benzene rings is 3. The van der Waals surface area contributed by atoms with Crippen LogP contribution >= 0.6 is 0 Å². The van der Waals surface area contributed by atoms with Crippen LogP contribution in [0.4, 0.5) is 10.5 Å². The van der Waals surface area contributed by atoms with Gasteiger partial charge in [0.25, 0.3) is 0 Å². The van der Waals surface area contributed by atoms with Gasteiger partial charge in [0, 0.05) is 31.6 Å². The molecule has 0 saturated carbocycles. The number of hydrogen-bond donors (Lipinski definition) is 2. The average Bonchev–Trinajstić information content (AvgIpc) is 3.29. The predicted octanol–water partition coefficient (Wildman–Crippen LogP) is 5.62. The molecule has 7 nitrogen and oxygen atoms in total. The SMILES string of the molecule is Cc1cccc(OCCCC(=O)N2CCCc3c2cccc3[C@]2(O)CCN(C(=O)O)C2Cc2ccccc2)c1C. The second-order valence-electron chi connectivity index (χ2n) is 11.0. The van der Waals surface area contributed by atoms with Crippen LogP contribution in [0, 0.1) is 13.8 Å². The van der Waals surface area contributed by atoms with Crippen LogP contribution in [0.15, 0.2) is 66.7 Å². The molecule has 0 radical (unpaired) electrons. The van der Waals surface area contributed by atoms with E-state index in [1.807, 2.05) is 72.5 Å². The first-order chi connectivity index (χ1) is 19.3. The van der Waals surface area contributed by atoms with Crippen molar-refractivity contribution in [2.75, 3.05) is 24.6 Å². The lowest BCUT2D eigenvalue weighted by Gasteiger charge is -2.38. The maximum absolute atomic E-state index is 13.4. The molecule has 3 aromatic carbocycles. The molecule has 5 rings (SSSR count). The molecule has 1 saturated heterocycles. The minimum absolute atomic E-state index is 0.0362. The van der Waals surface area contributed by atoms with Crippen molar-refractivity contribution < 1.29 is 24.5 Å². The van der Waals surface area contributed by atoms with Gasteiger partial charge in [-0.05, 0) is 79.5 Å². The second kappa shape index (κ2) is 11.7. The van der Waals surface area contributed by atoms with Crippen LogP contribution in [0.5, 0.6) is 5.75 Å². The zero-order valence-electron chi connectivity index (χ0n) is 23.3. The molecule has 2 amide bonds. The first kappa shape index (κ1) is 27.7. The summed E-state index contributed by atoms with van der Waals surface area (Å²) in [6, 6.07) is 20.8. The van der Waals surface area contributed by atoms with Crippen molar-refractivity contribution in [3.63, 3.8) is 0 Å². The van der Waals surface area contributed by atoms with Crippen molar-refractivity contribution in [3.05, 3.63) is 94.5 Å². The van der Waals surface area contributed by atoms with Crippen molar-refractivity contribution in [3.8, 4) is 5.75 Å². The molecule has 2 heterocycles. The van der Waals surface area contributed by atoms with Gasteiger partial charge in [-0.3, -0.25) is 4.79 Å². The molecule has 0 aliphatic carbocycles. The van der Waals surface area contributed by atoms with Gasteiger partial charge in [-0.25, -0.2) is 4.79 Å². The van der Waals surface area contributed by atoms with E-state index in [0.717, 1.165) is 46.5 Å². The molecule has 3 aromatic rings. The molecule has 0 aromatic heterocycles. The largest absolute Gasteiger partial charge is 0.493 e. The Morgan fingerprint density at radius 2 is 1.77 bits per heavy atom. The summed E-state index contributed by atoms with van der Waals surface area (Å²) in [5.41, 5.74) is 4.44. The van der Waals surface area contributed by atoms with Gasteiger partial charge in [0.05, 0.1) is 12.6 Å². The van der Waals surface area contributed by atoms with E-state index in [4.69, 9.17) is 4.74 Å². The number of rotatable bonds is 8. The molecule has 1 unspecified atom stereocenters. The second-order valence-corrected chi connectivity index (χ2v) is 11.0. The lowest BCUT2D eigenvalue weighted by molar-refractivity contribution is -0.118. The number of carbonyl (C=O) groups is 2. The average molecular weight is 543 g/mol. The Hall–Kier alpha value is -3.84. The van der Waals surface area contributed by atoms with Crippen LogP contribution in [0.25, 0.3) is 0 Å². The lowest BCUT2D eigenvalue weighted by atomic mass is 9.79. The smallest absolute Gasteiger partial charge is 0.407 e. The van der Waals surface area contributed by atoms with E-state index in [1.54, 1.807) is 0 Å². The summed E-state index contributed by atoms with van der Waals surface area (Å²) in [5.74, 6) is 0.889. The molecular formula is C33H38N2O5. The van der Waals surface area contributed by atoms with Gasteiger partial charge in [0.1, 0.15) is 11.4 Å². The topological polar surface area (TPSA) is 90.3 Å². The fourth-order valence-corrected chi connectivity index (χ4v) is 6.24. The van der Waals surface area contributed by atoms with E-state index in [1.165, 1.54) is 10.5 Å². The van der Waals surface area contributed by atoms with E-state index in [-0.39, 0.29) is 12.5 Å². The normalized spacial score (nSPS) is 20.3. The fourth-order valence-electron chi connectivity index (χ4n) is 6.24. The van der Waals surface area contributed by atoms with Gasteiger partial charge >= 0.3 is 6.09 Å². The number of carboxylic acid groups (broad SMARTS) is 1. The predicted molar refractivity (Wildman–Crippen MR) is 155 cm³/mol. The van der Waals surface area contributed by atoms with Crippen molar-refractivity contribution >= 4 is 17.7 Å². The fraction of sp³-hybridized carbons (Fsp3) is 0.394. The van der Waals surface area contributed by atoms with Gasteiger partial charge in [0.15, 0.2) is 0 Å². The molecular weight excluding hydrogens is 504 g/mol. The Morgan fingerprint density at radius 3 is 2.55 bits per heavy atom. The van der Waals surface area contributed by atoms with Gasteiger partial charge in [-0.1, -0.05) is 54.6 Å². The lowest BCUT2D eigenvalue weighted by Crippen LogP contribution is -2.47. The van der Waals surface area contributed by atoms with Gasteiger partial charge in [-0.15, -0.1) is 0 Å². The van der Waals surface area contributed by atoms with E-state index < -0.39 is 17.7 Å². The van der Waals surface area contributed by atoms with Crippen molar-refractivity contribution in [1.82, 2.24) is 4.90 Å². The summed E-state index contributed by atoms with van der Waals surface area (Å²) in [7, 11) is 0. The summed E-state index contributed by atoms with van der Waals surface area (Å²) in [6.07, 6.45) is 2.20. The Bertz CT molecular complexity index is 1370. The van der Waals surface area contributed by atoms with Crippen LogP contribution in [0.3, 0.4) is 0 Å². The van der Waals surface area contributed by atoms with Crippen molar-refractivity contribution in [1.29, 1.82) is 0 Å². The molecule has 2 N–H and O–H groups in total. The molecule has 0 bridgehead atoms. The van der Waals surface area contributed by atoms with Gasteiger partial charge in [-0.2, -0.15) is 0 Å². The van der Waals surface area contributed by atoms with E-state index in [9.17, 15) is 19.8 Å². The summed E-state index contributed by atoms with van der Waals surface area (Å²) >= 11 is 0. The molecule has 1 fully saturated rings. The third-order valence-electron chi connectivity index (χ3n) is 8.54. The first-order valence-electron chi connectivity index (χ1n) is 14.2. The minimum Gasteiger partial charge on any atom is -0.493 e. The van der Waals surface area contributed by atoms with Crippen LogP contribution in [0.2, 0.25) is 0 Å². The molecule has 2 atom stereocenters. The third-order valence-corrected chi connectivity index (χ3v) is 8.54. The van der Waals surface area contributed by atoms with E-state index >= 15 is 0 Å². The highest BCUT2D eigenvalue weighted by Gasteiger charge is 2.50. The van der Waals surface area contributed by atoms with Crippen molar-refractivity contribution in [2.24, 2.45) is 0 Å². The maximum Gasteiger partial charge on any atom is 0.407 e. The number of anilines is 1. The number of likely N-dealkylation sites (tertiary alicyclic amines) is 1. The zero-order valence-corrected chi connectivity index (χ0v) is 23.3. The van der Waals surface area contributed by atoms with E-state index in [2.05, 4.69) is 13.0 Å². The number of ether oxygens (including phenoxy) is 1. The number of carbonyl (C=O) groups excluding carboxylic acids is 1. The first-order valence-corrected chi connectivity index (χ1v) is 14.2. The number of nitrogens with zero attached hydrogens (tertiary/aromatic N) is 2. The highest BCUT2D eigenvalue weighted by atomic mass is 16.5. The standard InChI is InChI=1S/C33H38N2O5/c1-23-10-6-16-29(24(23)2)40-21-9-17-31(36)34-19-8-13-26-27(14-7-15-28(26)34)33(39)18-20-35(32(37)38)30(33)22-25-11-4-3-5-12-25/h3-7,10-12,14-16,30,39H,8-9,13,17-22H2,1-2H3,(H,37,38)/t30?,33-/m1/s1. The molecule has 7 heteroatoms. The number of fused-ring (bicyclic) bond motifs is 1. The Balaban J connectivity index is 1.34. The summed E-state index contributed by atoms with van der Waals surface area (Å²) in [5, 5.41) is 22.1. The van der Waals surface area contributed by atoms with E-state index in [0.29, 0.717) is 38.8 Å². The maximum atomic E-state index is 13.4. The number of aryl methyl sites for hydroxylation is 1. The van der Waals surface area contributed by atoms with Crippen LogP contribution < -0.4 is 9.64 Å². The third kappa shape index (κ3) is 5.43. The Morgan fingerprint density at radius 1 is 1.00 bits per heavy atom. The quantitative estimate of drug-likeness (QED) is 0.361. The Labute approximate surface area is 236 Å². The number of amides is 2. The van der Waals surface area contributed by atoms with Crippen LogP contribution in [-0.4, -0.2) is 52.9 Å². The zero-order chi connectivity index (χ0) is 28.3. The van der Waals surface area contributed by atoms with Gasteiger partial charge < -0.3 is 24.7 Å². The van der Waals surface area contributed by atoms with Crippen LogP contribution in [0.1, 0.15) is 53.5 Å². The minimum atomic E-state index is -1.34. The highest BCUT2D eigenvalue weighted by Crippen LogP contribution is 2.44. The molecule has 0 spiro atoms.